The molecule has 1 N–H and O–H groups in total. The van der Waals surface area contributed by atoms with E-state index in [1.54, 1.807) is 0 Å². The van der Waals surface area contributed by atoms with Gasteiger partial charge < -0.3 is 14.6 Å². The quantitative estimate of drug-likeness (QED) is 0.427. The summed E-state index contributed by atoms with van der Waals surface area (Å²) in [5.41, 5.74) is 0. The van der Waals surface area contributed by atoms with Gasteiger partial charge in [-0.05, 0) is 6.54 Å². The summed E-state index contributed by atoms with van der Waals surface area (Å²) in [6, 6.07) is 0. The lowest BCUT2D eigenvalue weighted by Gasteiger charge is -2.18. The highest BCUT2D eigenvalue weighted by Crippen LogP contribution is 1.89. The topological polar surface area (TPSA) is 59.0 Å². The lowest BCUT2D eigenvalue weighted by atomic mass is 10.4. The molecular weight excluding hydrogens is 186 g/mol. The van der Waals surface area contributed by atoms with Gasteiger partial charge in [0.1, 0.15) is 0 Å². The molecule has 0 spiro atoms. The van der Waals surface area contributed by atoms with Crippen LogP contribution in [-0.4, -0.2) is 62.5 Å². The molecule has 0 bridgehead atoms. The summed E-state index contributed by atoms with van der Waals surface area (Å²) in [5, 5.41) is 8.46. The first-order valence-corrected chi connectivity index (χ1v) is 4.72. The van der Waals surface area contributed by atoms with Crippen molar-refractivity contribution in [1.82, 2.24) is 4.90 Å². The first kappa shape index (κ1) is 13.4. The van der Waals surface area contributed by atoms with Crippen LogP contribution < -0.4 is 0 Å². The summed E-state index contributed by atoms with van der Waals surface area (Å²) < 4.78 is 9.64. The predicted molar refractivity (Wildman–Crippen MR) is 52.0 cm³/mol. The number of rotatable bonds is 8. The summed E-state index contributed by atoms with van der Waals surface area (Å²) in [7, 11) is 1.37. The lowest BCUT2D eigenvalue weighted by Crippen LogP contribution is -2.33. The number of aliphatic hydroxyl groups excluding tert-OH is 1. The third-order valence-corrected chi connectivity index (χ3v) is 1.82. The Kier molecular flexibility index (Phi) is 8.51. The minimum Gasteiger partial charge on any atom is -0.468 e. The van der Waals surface area contributed by atoms with Crippen molar-refractivity contribution in [3.63, 3.8) is 0 Å². The zero-order valence-electron chi connectivity index (χ0n) is 8.86. The van der Waals surface area contributed by atoms with Crippen molar-refractivity contribution in [2.24, 2.45) is 0 Å². The molecule has 0 aromatic carbocycles. The fourth-order valence-electron chi connectivity index (χ4n) is 0.956. The maximum atomic E-state index is 10.9. The maximum Gasteiger partial charge on any atom is 0.319 e. The summed E-state index contributed by atoms with van der Waals surface area (Å²) in [4.78, 5) is 12.8. The van der Waals surface area contributed by atoms with E-state index in [0.717, 1.165) is 6.54 Å². The molecule has 0 saturated carbocycles. The minimum absolute atomic E-state index is 0.0309. The molecule has 0 atom stereocenters. The van der Waals surface area contributed by atoms with E-state index in [4.69, 9.17) is 9.84 Å². The molecule has 14 heavy (non-hydrogen) atoms. The van der Waals surface area contributed by atoms with Gasteiger partial charge in [-0.2, -0.15) is 0 Å². The van der Waals surface area contributed by atoms with Gasteiger partial charge >= 0.3 is 5.97 Å². The Morgan fingerprint density at radius 1 is 1.43 bits per heavy atom. The van der Waals surface area contributed by atoms with Crippen molar-refractivity contribution in [3.8, 4) is 0 Å². The van der Waals surface area contributed by atoms with Crippen LogP contribution in [0.15, 0.2) is 0 Å². The average Bonchev–Trinajstić information content (AvgIpc) is 2.22. The van der Waals surface area contributed by atoms with Crippen LogP contribution in [0.2, 0.25) is 0 Å². The van der Waals surface area contributed by atoms with E-state index in [1.807, 2.05) is 11.8 Å². The van der Waals surface area contributed by atoms with Crippen LogP contribution in [0.3, 0.4) is 0 Å². The summed E-state index contributed by atoms with van der Waals surface area (Å²) in [6.45, 7) is 4.60. The molecule has 0 aliphatic carbocycles. The first-order chi connectivity index (χ1) is 6.74. The van der Waals surface area contributed by atoms with Crippen LogP contribution in [0.5, 0.6) is 0 Å². The van der Waals surface area contributed by atoms with E-state index >= 15 is 0 Å². The van der Waals surface area contributed by atoms with Crippen molar-refractivity contribution < 1.29 is 19.4 Å². The normalized spacial score (nSPS) is 10.6. The maximum absolute atomic E-state index is 10.9. The molecule has 0 radical (unpaired) electrons. The number of aliphatic hydroxyl groups is 1. The lowest BCUT2D eigenvalue weighted by molar-refractivity contribution is -0.142. The van der Waals surface area contributed by atoms with E-state index < -0.39 is 0 Å². The minimum atomic E-state index is -0.242. The third kappa shape index (κ3) is 6.82. The Labute approximate surface area is 84.6 Å². The second-order valence-corrected chi connectivity index (χ2v) is 2.78. The van der Waals surface area contributed by atoms with Gasteiger partial charge in [0.25, 0.3) is 0 Å². The smallest absolute Gasteiger partial charge is 0.319 e. The van der Waals surface area contributed by atoms with Gasteiger partial charge in [0.15, 0.2) is 0 Å². The monoisotopic (exact) mass is 205 g/mol. The molecule has 0 rings (SSSR count). The van der Waals surface area contributed by atoms with Gasteiger partial charge in [-0.3, -0.25) is 9.69 Å². The van der Waals surface area contributed by atoms with Crippen LogP contribution in [0.1, 0.15) is 6.92 Å². The van der Waals surface area contributed by atoms with Gasteiger partial charge in [0.2, 0.25) is 0 Å². The number of nitrogens with zero attached hydrogens (tertiary/aromatic N) is 1. The van der Waals surface area contributed by atoms with Gasteiger partial charge in [0, 0.05) is 6.54 Å². The standard InChI is InChI=1S/C9H19NO4/c1-3-10(8-9(12)13-2)4-6-14-7-5-11/h11H,3-8H2,1-2H3. The van der Waals surface area contributed by atoms with Crippen LogP contribution >= 0.6 is 0 Å². The van der Waals surface area contributed by atoms with Crippen LogP contribution in [-0.2, 0) is 14.3 Å². The fourth-order valence-corrected chi connectivity index (χ4v) is 0.956. The molecule has 0 aliphatic rings. The van der Waals surface area contributed by atoms with Crippen molar-refractivity contribution in [2.75, 3.05) is 46.6 Å². The number of likely N-dealkylation sites (N-methyl/N-ethyl adjacent to an activating group) is 1. The largest absolute Gasteiger partial charge is 0.468 e. The zero-order chi connectivity index (χ0) is 10.8. The predicted octanol–water partition coefficient (Wildman–Crippen LogP) is -0.510. The highest BCUT2D eigenvalue weighted by Gasteiger charge is 2.07. The second-order valence-electron chi connectivity index (χ2n) is 2.78. The molecular formula is C9H19NO4. The number of ether oxygens (including phenoxy) is 2. The molecule has 5 nitrogen and oxygen atoms in total. The second kappa shape index (κ2) is 8.93. The van der Waals surface area contributed by atoms with Crippen LogP contribution in [0, 0.1) is 0 Å². The summed E-state index contributed by atoms with van der Waals surface area (Å²) >= 11 is 0. The van der Waals surface area contributed by atoms with E-state index in [0.29, 0.717) is 19.8 Å². The average molecular weight is 205 g/mol. The summed E-state index contributed by atoms with van der Waals surface area (Å²) in [5.74, 6) is -0.242. The molecule has 0 aromatic rings. The number of carbonyl (C=O) groups is 1. The molecule has 5 heteroatoms. The SMILES string of the molecule is CCN(CCOCCO)CC(=O)OC. The number of esters is 1. The Morgan fingerprint density at radius 3 is 2.64 bits per heavy atom. The van der Waals surface area contributed by atoms with Crippen molar-refractivity contribution >= 4 is 5.97 Å². The van der Waals surface area contributed by atoms with Gasteiger partial charge in [-0.15, -0.1) is 0 Å². The molecule has 0 aromatic heterocycles. The Morgan fingerprint density at radius 2 is 2.14 bits per heavy atom. The molecule has 0 aliphatic heterocycles. The molecule has 84 valence electrons. The van der Waals surface area contributed by atoms with Crippen molar-refractivity contribution in [3.05, 3.63) is 0 Å². The fraction of sp³-hybridized carbons (Fsp3) is 0.889. The number of methoxy groups -OCH3 is 1. The number of hydrogen-bond acceptors (Lipinski definition) is 5. The Balaban J connectivity index is 3.52. The van der Waals surface area contributed by atoms with Crippen LogP contribution in [0.25, 0.3) is 0 Å². The first-order valence-electron chi connectivity index (χ1n) is 4.72. The third-order valence-electron chi connectivity index (χ3n) is 1.82. The molecule has 0 heterocycles. The molecule has 0 amide bonds. The van der Waals surface area contributed by atoms with Gasteiger partial charge in [-0.25, -0.2) is 0 Å². The van der Waals surface area contributed by atoms with Crippen molar-refractivity contribution in [1.29, 1.82) is 0 Å². The van der Waals surface area contributed by atoms with Gasteiger partial charge in [-0.1, -0.05) is 6.92 Å². The van der Waals surface area contributed by atoms with E-state index in [2.05, 4.69) is 4.74 Å². The highest BCUT2D eigenvalue weighted by molar-refractivity contribution is 5.71. The van der Waals surface area contributed by atoms with Crippen LogP contribution in [0.4, 0.5) is 0 Å². The Bertz CT molecular complexity index is 152. The summed E-state index contributed by atoms with van der Waals surface area (Å²) in [6.07, 6.45) is 0. The molecule has 0 fully saturated rings. The van der Waals surface area contributed by atoms with Gasteiger partial charge in [0.05, 0.1) is 33.5 Å². The van der Waals surface area contributed by atoms with E-state index in [1.165, 1.54) is 7.11 Å². The van der Waals surface area contributed by atoms with E-state index in [9.17, 15) is 4.79 Å². The number of hydrogen-bond donors (Lipinski definition) is 1. The Hall–Kier alpha value is -0.650. The highest BCUT2D eigenvalue weighted by atomic mass is 16.5. The number of carbonyl (C=O) groups excluding carboxylic acids is 1. The molecule has 0 saturated heterocycles. The zero-order valence-corrected chi connectivity index (χ0v) is 8.86. The molecule has 0 unspecified atom stereocenters. The van der Waals surface area contributed by atoms with Crippen molar-refractivity contribution in [2.45, 2.75) is 6.92 Å². The van der Waals surface area contributed by atoms with E-state index in [-0.39, 0.29) is 19.1 Å².